The van der Waals surface area contributed by atoms with Crippen LogP contribution < -0.4 is 5.32 Å². The molecule has 2 heterocycles. The minimum absolute atomic E-state index is 0.0268. The van der Waals surface area contributed by atoms with Gasteiger partial charge in [0, 0.05) is 32.7 Å². The van der Waals surface area contributed by atoms with Gasteiger partial charge in [0.25, 0.3) is 5.91 Å². The molecule has 1 fully saturated rings. The first-order valence-electron chi connectivity index (χ1n) is 7.81. The van der Waals surface area contributed by atoms with Crippen molar-refractivity contribution in [3.8, 4) is 0 Å². The Kier molecular flexibility index (Phi) is 5.60. The van der Waals surface area contributed by atoms with Gasteiger partial charge in [-0.2, -0.15) is 0 Å². The van der Waals surface area contributed by atoms with E-state index in [4.69, 9.17) is 4.42 Å². The van der Waals surface area contributed by atoms with Crippen LogP contribution in [-0.4, -0.2) is 60.4 Å². The molecule has 0 bridgehead atoms. The molecule has 122 valence electrons. The lowest BCUT2D eigenvalue weighted by Crippen LogP contribution is -2.54. The molecule has 1 N–H and O–H groups in total. The molecular formula is C16H25N3O3. The monoisotopic (exact) mass is 307 g/mol. The first-order valence-corrected chi connectivity index (χ1v) is 7.81. The lowest BCUT2D eigenvalue weighted by Gasteiger charge is -2.36. The summed E-state index contributed by atoms with van der Waals surface area (Å²) in [5.74, 6) is 0.324. The molecule has 0 radical (unpaired) electrons. The van der Waals surface area contributed by atoms with Crippen LogP contribution in [-0.2, 0) is 4.79 Å². The quantitative estimate of drug-likeness (QED) is 0.887. The zero-order valence-corrected chi connectivity index (χ0v) is 13.5. The third-order valence-electron chi connectivity index (χ3n) is 3.81. The number of rotatable bonds is 5. The number of hydrogen-bond acceptors (Lipinski definition) is 4. The van der Waals surface area contributed by atoms with Gasteiger partial charge in [0.15, 0.2) is 0 Å². The fourth-order valence-electron chi connectivity index (χ4n) is 2.68. The van der Waals surface area contributed by atoms with Crippen molar-refractivity contribution < 1.29 is 14.0 Å². The zero-order valence-electron chi connectivity index (χ0n) is 13.5. The average molecular weight is 307 g/mol. The standard InChI is InChI=1S/C16H25N3O3/c1-12(2)10-18-5-7-19(8-6-18)16(21)13(3)17-15(20)14-4-9-22-11-14/h4,9,11-13H,5-8,10H2,1-3H3,(H,17,20). The number of amides is 2. The highest BCUT2D eigenvalue weighted by molar-refractivity contribution is 5.97. The van der Waals surface area contributed by atoms with Crippen LogP contribution in [0.3, 0.4) is 0 Å². The molecule has 1 unspecified atom stereocenters. The van der Waals surface area contributed by atoms with Gasteiger partial charge in [-0.15, -0.1) is 0 Å². The molecule has 1 saturated heterocycles. The summed E-state index contributed by atoms with van der Waals surface area (Å²) in [6, 6.07) is 1.05. The highest BCUT2D eigenvalue weighted by Crippen LogP contribution is 2.07. The number of carbonyl (C=O) groups excluding carboxylic acids is 2. The summed E-state index contributed by atoms with van der Waals surface area (Å²) in [7, 11) is 0. The number of carbonyl (C=O) groups is 2. The van der Waals surface area contributed by atoms with Crippen molar-refractivity contribution in [2.75, 3.05) is 32.7 Å². The topological polar surface area (TPSA) is 65.8 Å². The first kappa shape index (κ1) is 16.5. The van der Waals surface area contributed by atoms with E-state index in [2.05, 4.69) is 24.1 Å². The predicted molar refractivity (Wildman–Crippen MR) is 83.5 cm³/mol. The van der Waals surface area contributed by atoms with E-state index < -0.39 is 6.04 Å². The van der Waals surface area contributed by atoms with Crippen LogP contribution in [0.15, 0.2) is 23.0 Å². The van der Waals surface area contributed by atoms with Crippen LogP contribution >= 0.6 is 0 Å². The Bertz CT molecular complexity index is 491. The highest BCUT2D eigenvalue weighted by Gasteiger charge is 2.26. The molecule has 1 aromatic rings. The van der Waals surface area contributed by atoms with Crippen molar-refractivity contribution in [1.82, 2.24) is 15.1 Å². The van der Waals surface area contributed by atoms with E-state index in [9.17, 15) is 9.59 Å². The third-order valence-corrected chi connectivity index (χ3v) is 3.81. The lowest BCUT2D eigenvalue weighted by molar-refractivity contribution is -0.134. The van der Waals surface area contributed by atoms with E-state index in [-0.39, 0.29) is 11.8 Å². The maximum absolute atomic E-state index is 12.4. The molecule has 2 amide bonds. The SMILES string of the molecule is CC(C)CN1CCN(C(=O)C(C)NC(=O)c2ccoc2)CC1. The third kappa shape index (κ3) is 4.34. The first-order chi connectivity index (χ1) is 10.5. The lowest BCUT2D eigenvalue weighted by atomic mass is 10.1. The molecule has 1 aromatic heterocycles. The largest absolute Gasteiger partial charge is 0.472 e. The highest BCUT2D eigenvalue weighted by atomic mass is 16.3. The van der Waals surface area contributed by atoms with Crippen LogP contribution in [0.1, 0.15) is 31.1 Å². The molecule has 0 aliphatic carbocycles. The fraction of sp³-hybridized carbons (Fsp3) is 0.625. The second-order valence-corrected chi connectivity index (χ2v) is 6.23. The van der Waals surface area contributed by atoms with Gasteiger partial charge < -0.3 is 14.6 Å². The van der Waals surface area contributed by atoms with Crippen LogP contribution in [0.4, 0.5) is 0 Å². The van der Waals surface area contributed by atoms with Crippen molar-refractivity contribution >= 4 is 11.8 Å². The summed E-state index contributed by atoms with van der Waals surface area (Å²) in [6.45, 7) is 10.4. The zero-order chi connectivity index (χ0) is 16.1. The van der Waals surface area contributed by atoms with Crippen molar-refractivity contribution in [1.29, 1.82) is 0 Å². The molecule has 0 spiro atoms. The Hall–Kier alpha value is -1.82. The van der Waals surface area contributed by atoms with Crippen LogP contribution in [0.2, 0.25) is 0 Å². The van der Waals surface area contributed by atoms with Crippen LogP contribution in [0.5, 0.6) is 0 Å². The van der Waals surface area contributed by atoms with E-state index >= 15 is 0 Å². The smallest absolute Gasteiger partial charge is 0.255 e. The van der Waals surface area contributed by atoms with E-state index in [0.29, 0.717) is 11.5 Å². The molecular weight excluding hydrogens is 282 g/mol. The minimum Gasteiger partial charge on any atom is -0.472 e. The van der Waals surface area contributed by atoms with E-state index in [1.54, 1.807) is 13.0 Å². The molecule has 1 aliphatic rings. The van der Waals surface area contributed by atoms with Crippen molar-refractivity contribution in [3.05, 3.63) is 24.2 Å². The van der Waals surface area contributed by atoms with E-state index in [0.717, 1.165) is 32.7 Å². The number of furan rings is 1. The van der Waals surface area contributed by atoms with Crippen molar-refractivity contribution in [2.45, 2.75) is 26.8 Å². The Morgan fingerprint density at radius 1 is 1.23 bits per heavy atom. The summed E-state index contributed by atoms with van der Waals surface area (Å²) >= 11 is 0. The van der Waals surface area contributed by atoms with Gasteiger partial charge in [-0.05, 0) is 18.9 Å². The van der Waals surface area contributed by atoms with Gasteiger partial charge in [0.05, 0.1) is 11.8 Å². The van der Waals surface area contributed by atoms with Gasteiger partial charge in [-0.3, -0.25) is 14.5 Å². The average Bonchev–Trinajstić information content (AvgIpc) is 3.01. The van der Waals surface area contributed by atoms with Gasteiger partial charge in [0.2, 0.25) is 5.91 Å². The fourth-order valence-corrected chi connectivity index (χ4v) is 2.68. The van der Waals surface area contributed by atoms with Gasteiger partial charge in [-0.25, -0.2) is 0 Å². The molecule has 22 heavy (non-hydrogen) atoms. The summed E-state index contributed by atoms with van der Waals surface area (Å²) in [6.07, 6.45) is 2.81. The second kappa shape index (κ2) is 7.45. The molecule has 6 heteroatoms. The summed E-state index contributed by atoms with van der Waals surface area (Å²) in [5.41, 5.74) is 0.432. The Morgan fingerprint density at radius 3 is 2.45 bits per heavy atom. The number of nitrogens with one attached hydrogen (secondary N) is 1. The van der Waals surface area contributed by atoms with Gasteiger partial charge >= 0.3 is 0 Å². The normalized spacial score (nSPS) is 17.5. The Balaban J connectivity index is 1.80. The number of nitrogens with zero attached hydrogens (tertiary/aromatic N) is 2. The second-order valence-electron chi connectivity index (χ2n) is 6.23. The van der Waals surface area contributed by atoms with Crippen molar-refractivity contribution in [3.63, 3.8) is 0 Å². The Labute approximate surface area is 131 Å². The summed E-state index contributed by atoms with van der Waals surface area (Å²) < 4.78 is 4.88. The number of hydrogen-bond donors (Lipinski definition) is 1. The molecule has 0 saturated carbocycles. The van der Waals surface area contributed by atoms with Gasteiger partial charge in [0.1, 0.15) is 12.3 Å². The van der Waals surface area contributed by atoms with Crippen LogP contribution in [0, 0.1) is 5.92 Å². The molecule has 1 atom stereocenters. The van der Waals surface area contributed by atoms with E-state index in [1.807, 2.05) is 4.90 Å². The summed E-state index contributed by atoms with van der Waals surface area (Å²) in [4.78, 5) is 28.5. The molecule has 6 nitrogen and oxygen atoms in total. The number of piperazine rings is 1. The molecule has 1 aliphatic heterocycles. The summed E-state index contributed by atoms with van der Waals surface area (Å²) in [5, 5.41) is 2.72. The maximum atomic E-state index is 12.4. The van der Waals surface area contributed by atoms with Crippen LogP contribution in [0.25, 0.3) is 0 Å². The predicted octanol–water partition coefficient (Wildman–Crippen LogP) is 1.20. The molecule has 2 rings (SSSR count). The molecule has 0 aromatic carbocycles. The van der Waals surface area contributed by atoms with E-state index in [1.165, 1.54) is 12.5 Å². The maximum Gasteiger partial charge on any atom is 0.255 e. The Morgan fingerprint density at radius 2 is 1.91 bits per heavy atom. The van der Waals surface area contributed by atoms with Gasteiger partial charge in [-0.1, -0.05) is 13.8 Å². The van der Waals surface area contributed by atoms with Crippen molar-refractivity contribution in [2.24, 2.45) is 5.92 Å². The minimum atomic E-state index is -0.529.